The fourth-order valence-corrected chi connectivity index (χ4v) is 2.45. The molecule has 1 aromatic carbocycles. The Morgan fingerprint density at radius 2 is 1.80 bits per heavy atom. The molecule has 1 amide bonds. The Morgan fingerprint density at radius 3 is 2.25 bits per heavy atom. The lowest BCUT2D eigenvalue weighted by Gasteiger charge is -2.32. The molecule has 1 rings (SSSR count). The van der Waals surface area contributed by atoms with Crippen molar-refractivity contribution in [2.45, 2.75) is 46.6 Å². The highest BCUT2D eigenvalue weighted by Gasteiger charge is 2.24. The number of anilines is 2. The molecule has 0 aliphatic carbocycles. The summed E-state index contributed by atoms with van der Waals surface area (Å²) in [4.78, 5) is 14.7. The number of hydrogen-bond donors (Lipinski definition) is 2. The molecule has 0 saturated carbocycles. The normalized spacial score (nSPS) is 11.1. The monoisotopic (exact) mass is 277 g/mol. The molecule has 4 heteroatoms. The van der Waals surface area contributed by atoms with Crippen LogP contribution in [0.25, 0.3) is 0 Å². The predicted molar refractivity (Wildman–Crippen MR) is 85.5 cm³/mol. The number of nitrogen functional groups attached to an aromatic ring is 2. The standard InChI is InChI=1S/C16H27N3O/c1-5-13(6-2)19(10-11(3)4)16(20)14-8-7-12(17)9-15(14)18/h7-9,11,13H,5-6,10,17-18H2,1-4H3. The second kappa shape index (κ2) is 7.17. The molecule has 0 unspecified atom stereocenters. The average molecular weight is 277 g/mol. The first-order valence-electron chi connectivity index (χ1n) is 7.36. The summed E-state index contributed by atoms with van der Waals surface area (Å²) in [6, 6.07) is 5.35. The molecule has 0 aliphatic rings. The van der Waals surface area contributed by atoms with Crippen LogP contribution in [0.4, 0.5) is 11.4 Å². The van der Waals surface area contributed by atoms with Crippen molar-refractivity contribution >= 4 is 17.3 Å². The van der Waals surface area contributed by atoms with Gasteiger partial charge in [0.15, 0.2) is 0 Å². The van der Waals surface area contributed by atoms with Gasteiger partial charge in [-0.2, -0.15) is 0 Å². The molecule has 20 heavy (non-hydrogen) atoms. The molecular weight excluding hydrogens is 250 g/mol. The summed E-state index contributed by atoms with van der Waals surface area (Å²) < 4.78 is 0. The van der Waals surface area contributed by atoms with Crippen LogP contribution < -0.4 is 11.5 Å². The predicted octanol–water partition coefficient (Wildman–Crippen LogP) is 3.14. The minimum Gasteiger partial charge on any atom is -0.399 e. The van der Waals surface area contributed by atoms with E-state index in [4.69, 9.17) is 11.5 Å². The van der Waals surface area contributed by atoms with Crippen molar-refractivity contribution in [1.29, 1.82) is 0 Å². The van der Waals surface area contributed by atoms with Crippen LogP contribution in [0.5, 0.6) is 0 Å². The molecule has 4 nitrogen and oxygen atoms in total. The lowest BCUT2D eigenvalue weighted by atomic mass is 10.0. The molecular formula is C16H27N3O. The minimum absolute atomic E-state index is 0.00454. The van der Waals surface area contributed by atoms with Crippen LogP contribution in [0.2, 0.25) is 0 Å². The molecule has 0 saturated heterocycles. The Kier molecular flexibility index (Phi) is 5.86. The van der Waals surface area contributed by atoms with Crippen LogP contribution in [-0.4, -0.2) is 23.4 Å². The van der Waals surface area contributed by atoms with Crippen LogP contribution >= 0.6 is 0 Å². The molecule has 0 spiro atoms. The number of benzene rings is 1. The van der Waals surface area contributed by atoms with Gasteiger partial charge >= 0.3 is 0 Å². The van der Waals surface area contributed by atoms with E-state index < -0.39 is 0 Å². The fraction of sp³-hybridized carbons (Fsp3) is 0.562. The first kappa shape index (κ1) is 16.3. The quantitative estimate of drug-likeness (QED) is 0.785. The zero-order chi connectivity index (χ0) is 15.3. The van der Waals surface area contributed by atoms with Gasteiger partial charge in [0.05, 0.1) is 5.56 Å². The highest BCUT2D eigenvalue weighted by molar-refractivity contribution is 5.99. The van der Waals surface area contributed by atoms with E-state index in [1.54, 1.807) is 18.2 Å². The molecule has 0 radical (unpaired) electrons. The van der Waals surface area contributed by atoms with E-state index >= 15 is 0 Å². The summed E-state index contributed by atoms with van der Waals surface area (Å²) in [7, 11) is 0. The number of carbonyl (C=O) groups is 1. The van der Waals surface area contributed by atoms with Crippen LogP contribution in [0.15, 0.2) is 18.2 Å². The van der Waals surface area contributed by atoms with Gasteiger partial charge in [-0.25, -0.2) is 0 Å². The van der Waals surface area contributed by atoms with Crippen molar-refractivity contribution in [2.24, 2.45) is 5.92 Å². The van der Waals surface area contributed by atoms with Crippen molar-refractivity contribution < 1.29 is 4.79 Å². The number of rotatable bonds is 6. The van der Waals surface area contributed by atoms with Crippen molar-refractivity contribution in [3.8, 4) is 0 Å². The topological polar surface area (TPSA) is 72.3 Å². The highest BCUT2D eigenvalue weighted by Crippen LogP contribution is 2.21. The number of amides is 1. The van der Waals surface area contributed by atoms with E-state index in [1.165, 1.54) is 0 Å². The zero-order valence-electron chi connectivity index (χ0n) is 13.0. The number of nitrogens with two attached hydrogens (primary N) is 2. The van der Waals surface area contributed by atoms with Crippen molar-refractivity contribution in [2.75, 3.05) is 18.0 Å². The van der Waals surface area contributed by atoms with Gasteiger partial charge in [0.1, 0.15) is 0 Å². The Balaban J connectivity index is 3.09. The van der Waals surface area contributed by atoms with E-state index in [0.717, 1.165) is 19.4 Å². The molecule has 0 aliphatic heterocycles. The van der Waals surface area contributed by atoms with Gasteiger partial charge < -0.3 is 16.4 Å². The van der Waals surface area contributed by atoms with Gasteiger partial charge in [-0.3, -0.25) is 4.79 Å². The summed E-state index contributed by atoms with van der Waals surface area (Å²) in [6.45, 7) is 9.21. The summed E-state index contributed by atoms with van der Waals surface area (Å²) in [5.41, 5.74) is 13.2. The first-order valence-corrected chi connectivity index (χ1v) is 7.36. The Bertz CT molecular complexity index is 453. The lowest BCUT2D eigenvalue weighted by molar-refractivity contribution is 0.0641. The summed E-state index contributed by atoms with van der Waals surface area (Å²) in [5, 5.41) is 0. The van der Waals surface area contributed by atoms with Crippen LogP contribution in [0.1, 0.15) is 50.9 Å². The molecule has 4 N–H and O–H groups in total. The van der Waals surface area contributed by atoms with Gasteiger partial charge in [-0.05, 0) is 37.0 Å². The molecule has 0 fully saturated rings. The van der Waals surface area contributed by atoms with Gasteiger partial charge in [-0.15, -0.1) is 0 Å². The Labute approximate surface area is 122 Å². The maximum atomic E-state index is 12.8. The number of carbonyl (C=O) groups excluding carboxylic acids is 1. The van der Waals surface area contributed by atoms with E-state index in [-0.39, 0.29) is 11.9 Å². The number of nitrogens with zero attached hydrogens (tertiary/aromatic N) is 1. The molecule has 112 valence electrons. The molecule has 0 atom stereocenters. The van der Waals surface area contributed by atoms with Crippen molar-refractivity contribution in [3.63, 3.8) is 0 Å². The summed E-state index contributed by atoms with van der Waals surface area (Å²) >= 11 is 0. The summed E-state index contributed by atoms with van der Waals surface area (Å²) in [5.74, 6) is 0.430. The van der Waals surface area contributed by atoms with Crippen LogP contribution in [0, 0.1) is 5.92 Å². The number of hydrogen-bond acceptors (Lipinski definition) is 3. The third-order valence-corrected chi connectivity index (χ3v) is 3.51. The largest absolute Gasteiger partial charge is 0.399 e. The van der Waals surface area contributed by atoms with Crippen molar-refractivity contribution in [1.82, 2.24) is 4.90 Å². The molecule has 0 heterocycles. The molecule has 0 aromatic heterocycles. The van der Waals surface area contributed by atoms with Gasteiger partial charge in [0, 0.05) is 24.0 Å². The van der Waals surface area contributed by atoms with E-state index in [9.17, 15) is 4.79 Å². The van der Waals surface area contributed by atoms with Gasteiger partial charge in [-0.1, -0.05) is 27.7 Å². The zero-order valence-corrected chi connectivity index (χ0v) is 13.0. The van der Waals surface area contributed by atoms with E-state index in [1.807, 2.05) is 4.90 Å². The fourth-order valence-electron chi connectivity index (χ4n) is 2.45. The van der Waals surface area contributed by atoms with Crippen LogP contribution in [0.3, 0.4) is 0 Å². The average Bonchev–Trinajstić information content (AvgIpc) is 2.37. The lowest BCUT2D eigenvalue weighted by Crippen LogP contribution is -2.42. The maximum Gasteiger partial charge on any atom is 0.256 e. The van der Waals surface area contributed by atoms with Crippen molar-refractivity contribution in [3.05, 3.63) is 23.8 Å². The molecule has 1 aromatic rings. The smallest absolute Gasteiger partial charge is 0.256 e. The maximum absolute atomic E-state index is 12.8. The first-order chi connectivity index (χ1) is 9.40. The SMILES string of the molecule is CCC(CC)N(CC(C)C)C(=O)c1ccc(N)cc1N. The van der Waals surface area contributed by atoms with Crippen LogP contribution in [-0.2, 0) is 0 Å². The third kappa shape index (κ3) is 3.89. The van der Waals surface area contributed by atoms with Gasteiger partial charge in [0.2, 0.25) is 0 Å². The second-order valence-electron chi connectivity index (χ2n) is 5.67. The second-order valence-corrected chi connectivity index (χ2v) is 5.67. The van der Waals surface area contributed by atoms with E-state index in [2.05, 4.69) is 27.7 Å². The Hall–Kier alpha value is -1.71. The Morgan fingerprint density at radius 1 is 1.20 bits per heavy atom. The summed E-state index contributed by atoms with van der Waals surface area (Å²) in [6.07, 6.45) is 1.90. The van der Waals surface area contributed by atoms with E-state index in [0.29, 0.717) is 22.9 Å². The minimum atomic E-state index is 0.00454. The van der Waals surface area contributed by atoms with Gasteiger partial charge in [0.25, 0.3) is 5.91 Å². The highest BCUT2D eigenvalue weighted by atomic mass is 16.2. The third-order valence-electron chi connectivity index (χ3n) is 3.51. The molecule has 0 bridgehead atoms.